The van der Waals surface area contributed by atoms with Crippen molar-refractivity contribution in [3.63, 3.8) is 0 Å². The molecule has 26 heavy (non-hydrogen) atoms. The Hall–Kier alpha value is -1.76. The molecule has 1 amide bonds. The largest absolute Gasteiger partial charge is 0.496 e. The molecular weight excluding hydrogens is 443 g/mol. The number of methoxy groups -OCH3 is 1. The highest BCUT2D eigenvalue weighted by Gasteiger charge is 2.05. The average Bonchev–Trinajstić information content (AvgIpc) is 2.60. The van der Waals surface area contributed by atoms with Gasteiger partial charge in [-0.2, -0.15) is 5.10 Å². The van der Waals surface area contributed by atoms with Gasteiger partial charge < -0.3 is 9.47 Å². The van der Waals surface area contributed by atoms with E-state index in [-0.39, 0.29) is 12.3 Å². The van der Waals surface area contributed by atoms with Crippen LogP contribution < -0.4 is 14.9 Å². The molecule has 0 saturated heterocycles. The number of nitrogens with zero attached hydrogens (tertiary/aromatic N) is 1. The molecule has 0 aliphatic rings. The van der Waals surface area contributed by atoms with Crippen LogP contribution in [0.4, 0.5) is 0 Å². The van der Waals surface area contributed by atoms with E-state index in [1.165, 1.54) is 6.21 Å². The predicted octanol–water partition coefficient (Wildman–Crippen LogP) is 5.07. The van der Waals surface area contributed by atoms with E-state index in [1.807, 2.05) is 18.2 Å². The number of rotatable bonds is 8. The molecule has 0 atom stereocenters. The Kier molecular flexibility index (Phi) is 8.22. The van der Waals surface area contributed by atoms with E-state index in [4.69, 9.17) is 32.7 Å². The van der Waals surface area contributed by atoms with Gasteiger partial charge in [0.15, 0.2) is 0 Å². The standard InChI is InChI=1S/C18H17BrCl2N2O3/c1-25-16-6-4-13(19)9-12(16)11-22-23-18(24)3-2-8-26-17-7-5-14(20)10-15(17)21/h4-7,9-11H,2-3,8H2,1H3,(H,23,24)/b22-11+. The Morgan fingerprint density at radius 2 is 2.00 bits per heavy atom. The van der Waals surface area contributed by atoms with Crippen LogP contribution in [0.15, 0.2) is 46.0 Å². The molecular formula is C18H17BrCl2N2O3. The third-order valence-electron chi connectivity index (χ3n) is 3.28. The molecule has 0 unspecified atom stereocenters. The molecule has 0 heterocycles. The summed E-state index contributed by atoms with van der Waals surface area (Å²) in [6, 6.07) is 10.5. The van der Waals surface area contributed by atoms with Crippen LogP contribution in [-0.4, -0.2) is 25.8 Å². The number of nitrogens with one attached hydrogen (secondary N) is 1. The molecule has 0 saturated carbocycles. The van der Waals surface area contributed by atoms with Crippen LogP contribution in [0.3, 0.4) is 0 Å². The molecule has 0 aliphatic heterocycles. The summed E-state index contributed by atoms with van der Waals surface area (Å²) in [6.07, 6.45) is 2.34. The second-order valence-corrected chi connectivity index (χ2v) is 6.97. The van der Waals surface area contributed by atoms with E-state index in [0.29, 0.717) is 34.6 Å². The van der Waals surface area contributed by atoms with Gasteiger partial charge in [-0.15, -0.1) is 0 Å². The number of hydrogen-bond donors (Lipinski definition) is 1. The molecule has 138 valence electrons. The number of halogens is 3. The number of ether oxygens (including phenoxy) is 2. The van der Waals surface area contributed by atoms with Gasteiger partial charge in [-0.25, -0.2) is 5.43 Å². The lowest BCUT2D eigenvalue weighted by Crippen LogP contribution is -2.18. The normalized spacial score (nSPS) is 10.8. The topological polar surface area (TPSA) is 59.9 Å². The van der Waals surface area contributed by atoms with Crippen LogP contribution in [-0.2, 0) is 4.79 Å². The Labute approximate surface area is 170 Å². The second-order valence-electron chi connectivity index (χ2n) is 5.21. The molecule has 2 rings (SSSR count). The fourth-order valence-electron chi connectivity index (χ4n) is 2.04. The highest BCUT2D eigenvalue weighted by molar-refractivity contribution is 9.10. The first-order chi connectivity index (χ1) is 12.5. The third-order valence-corrected chi connectivity index (χ3v) is 4.31. The van der Waals surface area contributed by atoms with Crippen molar-refractivity contribution >= 4 is 51.3 Å². The summed E-state index contributed by atoms with van der Waals surface area (Å²) in [6.45, 7) is 0.359. The predicted molar refractivity (Wildman–Crippen MR) is 108 cm³/mol. The van der Waals surface area contributed by atoms with Crippen molar-refractivity contribution in [2.75, 3.05) is 13.7 Å². The van der Waals surface area contributed by atoms with Crippen molar-refractivity contribution in [2.24, 2.45) is 5.10 Å². The van der Waals surface area contributed by atoms with Gasteiger partial charge in [-0.1, -0.05) is 39.1 Å². The lowest BCUT2D eigenvalue weighted by Gasteiger charge is -2.08. The van der Waals surface area contributed by atoms with Crippen LogP contribution >= 0.6 is 39.1 Å². The van der Waals surface area contributed by atoms with Gasteiger partial charge in [-0.05, 0) is 42.8 Å². The van der Waals surface area contributed by atoms with Crippen molar-refractivity contribution < 1.29 is 14.3 Å². The summed E-state index contributed by atoms with van der Waals surface area (Å²) in [4.78, 5) is 11.8. The van der Waals surface area contributed by atoms with Crippen molar-refractivity contribution in [3.05, 3.63) is 56.5 Å². The Morgan fingerprint density at radius 3 is 2.73 bits per heavy atom. The van der Waals surface area contributed by atoms with Crippen LogP contribution in [0.1, 0.15) is 18.4 Å². The van der Waals surface area contributed by atoms with E-state index in [0.717, 1.165) is 10.0 Å². The number of benzene rings is 2. The second kappa shape index (κ2) is 10.4. The summed E-state index contributed by atoms with van der Waals surface area (Å²) in [5.74, 6) is 0.997. The summed E-state index contributed by atoms with van der Waals surface area (Å²) < 4.78 is 11.7. The van der Waals surface area contributed by atoms with E-state index in [9.17, 15) is 4.79 Å². The van der Waals surface area contributed by atoms with Gasteiger partial charge in [0.05, 0.1) is 25.0 Å². The minimum Gasteiger partial charge on any atom is -0.496 e. The molecule has 0 spiro atoms. The van der Waals surface area contributed by atoms with E-state index in [1.54, 1.807) is 25.3 Å². The van der Waals surface area contributed by atoms with E-state index < -0.39 is 0 Å². The van der Waals surface area contributed by atoms with Gasteiger partial charge in [0.1, 0.15) is 11.5 Å². The summed E-state index contributed by atoms with van der Waals surface area (Å²) in [5, 5.41) is 4.93. The quantitative estimate of drug-likeness (QED) is 0.340. The van der Waals surface area contributed by atoms with Crippen LogP contribution in [0.5, 0.6) is 11.5 Å². The summed E-state index contributed by atoms with van der Waals surface area (Å²) >= 11 is 15.2. The maximum atomic E-state index is 11.8. The maximum absolute atomic E-state index is 11.8. The number of carbonyl (C=O) groups excluding carboxylic acids is 1. The first-order valence-corrected chi connectivity index (χ1v) is 9.28. The first kappa shape index (κ1) is 20.6. The zero-order valence-electron chi connectivity index (χ0n) is 14.0. The molecule has 2 aromatic rings. The van der Waals surface area contributed by atoms with Gasteiger partial charge in [-0.3, -0.25) is 4.79 Å². The third kappa shape index (κ3) is 6.52. The van der Waals surface area contributed by atoms with Crippen LogP contribution in [0.25, 0.3) is 0 Å². The van der Waals surface area contributed by atoms with Gasteiger partial charge in [0.2, 0.25) is 5.91 Å². The van der Waals surface area contributed by atoms with E-state index >= 15 is 0 Å². The van der Waals surface area contributed by atoms with Gasteiger partial charge in [0.25, 0.3) is 0 Å². The van der Waals surface area contributed by atoms with Crippen molar-refractivity contribution in [1.29, 1.82) is 0 Å². The van der Waals surface area contributed by atoms with Gasteiger partial charge >= 0.3 is 0 Å². The SMILES string of the molecule is COc1ccc(Br)cc1/C=N/NC(=O)CCCOc1ccc(Cl)cc1Cl. The molecule has 8 heteroatoms. The fourth-order valence-corrected chi connectivity index (χ4v) is 2.88. The lowest BCUT2D eigenvalue weighted by molar-refractivity contribution is -0.121. The van der Waals surface area contributed by atoms with Gasteiger partial charge in [0, 0.05) is 21.5 Å². The molecule has 0 aliphatic carbocycles. The molecule has 0 bridgehead atoms. The number of carbonyl (C=O) groups is 1. The van der Waals surface area contributed by atoms with Crippen LogP contribution in [0.2, 0.25) is 10.0 Å². The molecule has 2 aromatic carbocycles. The molecule has 0 aromatic heterocycles. The van der Waals surface area contributed by atoms with Crippen molar-refractivity contribution in [1.82, 2.24) is 5.43 Å². The Balaban J connectivity index is 1.74. The minimum absolute atomic E-state index is 0.207. The summed E-state index contributed by atoms with van der Waals surface area (Å²) in [5.41, 5.74) is 3.23. The average molecular weight is 460 g/mol. The Morgan fingerprint density at radius 1 is 1.23 bits per heavy atom. The maximum Gasteiger partial charge on any atom is 0.240 e. The zero-order chi connectivity index (χ0) is 18.9. The fraction of sp³-hybridized carbons (Fsp3) is 0.222. The molecule has 5 nitrogen and oxygen atoms in total. The highest BCUT2D eigenvalue weighted by atomic mass is 79.9. The lowest BCUT2D eigenvalue weighted by atomic mass is 10.2. The molecule has 1 N–H and O–H groups in total. The molecule has 0 fully saturated rings. The smallest absolute Gasteiger partial charge is 0.240 e. The van der Waals surface area contributed by atoms with Crippen molar-refractivity contribution in [2.45, 2.75) is 12.8 Å². The zero-order valence-corrected chi connectivity index (χ0v) is 17.1. The number of hydrazone groups is 1. The first-order valence-electron chi connectivity index (χ1n) is 7.73. The summed E-state index contributed by atoms with van der Waals surface area (Å²) in [7, 11) is 1.58. The molecule has 0 radical (unpaired) electrons. The monoisotopic (exact) mass is 458 g/mol. The van der Waals surface area contributed by atoms with E-state index in [2.05, 4.69) is 26.5 Å². The minimum atomic E-state index is -0.207. The number of hydrogen-bond acceptors (Lipinski definition) is 4. The number of amides is 1. The van der Waals surface area contributed by atoms with Crippen LogP contribution in [0, 0.1) is 0 Å². The van der Waals surface area contributed by atoms with Crippen molar-refractivity contribution in [3.8, 4) is 11.5 Å². The Bertz CT molecular complexity index is 800. The highest BCUT2D eigenvalue weighted by Crippen LogP contribution is 2.27.